The van der Waals surface area contributed by atoms with Crippen LogP contribution in [0.15, 0.2) is 0 Å². The standard InChI is InChI=1S/C15H20N2O2/c16-9-13(15(19)17-5-1-2-6-17)14(18)12-8-10-3-4-11(12)7-10/h10-13H,1-8H2. The van der Waals surface area contributed by atoms with Gasteiger partial charge in [-0.25, -0.2) is 0 Å². The van der Waals surface area contributed by atoms with Crippen LogP contribution >= 0.6 is 0 Å². The van der Waals surface area contributed by atoms with Gasteiger partial charge in [0.1, 0.15) is 0 Å². The summed E-state index contributed by atoms with van der Waals surface area (Å²) in [5.41, 5.74) is 0. The second kappa shape index (κ2) is 4.96. The highest BCUT2D eigenvalue weighted by atomic mass is 16.2. The first kappa shape index (κ1) is 12.7. The second-order valence-electron chi connectivity index (χ2n) is 6.28. The Balaban J connectivity index is 1.70. The molecule has 0 radical (unpaired) electrons. The van der Waals surface area contributed by atoms with Crippen LogP contribution in [0.3, 0.4) is 0 Å². The Kier molecular flexibility index (Phi) is 3.30. The molecule has 1 saturated heterocycles. The molecule has 0 aromatic rings. The first-order chi connectivity index (χ1) is 9.20. The number of nitriles is 1. The normalized spacial score (nSPS) is 34.3. The van der Waals surface area contributed by atoms with E-state index in [2.05, 4.69) is 0 Å². The number of nitrogens with zero attached hydrogens (tertiary/aromatic N) is 2. The summed E-state index contributed by atoms with van der Waals surface area (Å²) in [5, 5.41) is 9.24. The minimum Gasteiger partial charge on any atom is -0.341 e. The van der Waals surface area contributed by atoms with Crippen molar-refractivity contribution in [1.29, 1.82) is 5.26 Å². The number of likely N-dealkylation sites (tertiary alicyclic amines) is 1. The zero-order valence-electron chi connectivity index (χ0n) is 11.2. The maximum absolute atomic E-state index is 12.5. The first-order valence-electron chi connectivity index (χ1n) is 7.43. The molecule has 3 fully saturated rings. The van der Waals surface area contributed by atoms with Gasteiger partial charge in [-0.2, -0.15) is 5.26 Å². The van der Waals surface area contributed by atoms with E-state index >= 15 is 0 Å². The second-order valence-corrected chi connectivity index (χ2v) is 6.28. The molecule has 3 rings (SSSR count). The molecule has 2 bridgehead atoms. The zero-order valence-corrected chi connectivity index (χ0v) is 11.2. The van der Waals surface area contributed by atoms with Gasteiger partial charge in [0.2, 0.25) is 5.91 Å². The average Bonchev–Trinajstić information content (AvgIpc) is 3.15. The molecule has 4 heteroatoms. The van der Waals surface area contributed by atoms with E-state index < -0.39 is 5.92 Å². The van der Waals surface area contributed by atoms with Crippen LogP contribution in [0.1, 0.15) is 38.5 Å². The summed E-state index contributed by atoms with van der Waals surface area (Å²) >= 11 is 0. The predicted octanol–water partition coefficient (Wildman–Crippen LogP) is 1.75. The molecule has 1 aliphatic heterocycles. The van der Waals surface area contributed by atoms with Crippen LogP contribution in [0, 0.1) is 35.0 Å². The van der Waals surface area contributed by atoms with Crippen molar-refractivity contribution in [2.75, 3.05) is 13.1 Å². The molecule has 0 aromatic heterocycles. The minimum atomic E-state index is -1.04. The summed E-state index contributed by atoms with van der Waals surface area (Å²) in [4.78, 5) is 26.5. The Hall–Kier alpha value is -1.37. The van der Waals surface area contributed by atoms with Gasteiger partial charge < -0.3 is 4.90 Å². The molecule has 1 amide bonds. The molecular formula is C15H20N2O2. The van der Waals surface area contributed by atoms with Crippen LogP contribution < -0.4 is 0 Å². The van der Waals surface area contributed by atoms with Gasteiger partial charge in [-0.3, -0.25) is 9.59 Å². The third-order valence-corrected chi connectivity index (χ3v) is 5.18. The molecule has 102 valence electrons. The number of hydrogen-bond acceptors (Lipinski definition) is 3. The monoisotopic (exact) mass is 260 g/mol. The number of carbonyl (C=O) groups is 2. The lowest BCUT2D eigenvalue weighted by atomic mass is 9.81. The van der Waals surface area contributed by atoms with Crippen LogP contribution in [0.25, 0.3) is 0 Å². The molecule has 19 heavy (non-hydrogen) atoms. The Labute approximate surface area is 113 Å². The quantitative estimate of drug-likeness (QED) is 0.726. The maximum atomic E-state index is 12.5. The van der Waals surface area contributed by atoms with Crippen molar-refractivity contribution in [2.45, 2.75) is 38.5 Å². The largest absolute Gasteiger partial charge is 0.341 e. The van der Waals surface area contributed by atoms with E-state index in [0.717, 1.165) is 32.1 Å². The predicted molar refractivity (Wildman–Crippen MR) is 68.9 cm³/mol. The highest BCUT2D eigenvalue weighted by Crippen LogP contribution is 2.49. The Morgan fingerprint density at radius 3 is 2.42 bits per heavy atom. The molecule has 4 nitrogen and oxygen atoms in total. The van der Waals surface area contributed by atoms with E-state index in [9.17, 15) is 14.9 Å². The van der Waals surface area contributed by atoms with Crippen LogP contribution in [0.5, 0.6) is 0 Å². The van der Waals surface area contributed by atoms with Gasteiger partial charge in [-0.05, 0) is 43.9 Å². The van der Waals surface area contributed by atoms with Crippen LogP contribution in [0.4, 0.5) is 0 Å². The van der Waals surface area contributed by atoms with E-state index in [0.29, 0.717) is 24.9 Å². The molecule has 3 aliphatic rings. The molecule has 0 N–H and O–H groups in total. The van der Waals surface area contributed by atoms with Crippen molar-refractivity contribution in [3.63, 3.8) is 0 Å². The van der Waals surface area contributed by atoms with Crippen molar-refractivity contribution in [3.05, 3.63) is 0 Å². The minimum absolute atomic E-state index is 0.0186. The Morgan fingerprint density at radius 1 is 1.16 bits per heavy atom. The fourth-order valence-electron chi connectivity index (χ4n) is 4.17. The number of carbonyl (C=O) groups excluding carboxylic acids is 2. The fourth-order valence-corrected chi connectivity index (χ4v) is 4.17. The summed E-state index contributed by atoms with van der Waals surface area (Å²) in [7, 11) is 0. The Morgan fingerprint density at radius 2 is 1.89 bits per heavy atom. The Bertz CT molecular complexity index is 434. The lowest BCUT2D eigenvalue weighted by molar-refractivity contribution is -0.140. The average molecular weight is 260 g/mol. The molecule has 4 atom stereocenters. The highest BCUT2D eigenvalue weighted by molar-refractivity contribution is 6.05. The summed E-state index contributed by atoms with van der Waals surface area (Å²) in [5.74, 6) is -0.281. The molecule has 0 aromatic carbocycles. The third-order valence-electron chi connectivity index (χ3n) is 5.18. The molecule has 4 unspecified atom stereocenters. The van der Waals surface area contributed by atoms with Crippen molar-refractivity contribution in [1.82, 2.24) is 4.90 Å². The number of fused-ring (bicyclic) bond motifs is 2. The van der Waals surface area contributed by atoms with Gasteiger partial charge in [0, 0.05) is 19.0 Å². The van der Waals surface area contributed by atoms with E-state index in [1.54, 1.807) is 4.90 Å². The topological polar surface area (TPSA) is 61.2 Å². The van der Waals surface area contributed by atoms with Gasteiger partial charge in [0.05, 0.1) is 6.07 Å². The molecule has 1 heterocycles. The van der Waals surface area contributed by atoms with Crippen LogP contribution in [-0.2, 0) is 9.59 Å². The zero-order chi connectivity index (χ0) is 13.4. The smallest absolute Gasteiger partial charge is 0.247 e. The third kappa shape index (κ3) is 2.16. The highest BCUT2D eigenvalue weighted by Gasteiger charge is 2.46. The number of amides is 1. The van der Waals surface area contributed by atoms with Gasteiger partial charge in [-0.1, -0.05) is 6.42 Å². The number of hydrogen-bond donors (Lipinski definition) is 0. The van der Waals surface area contributed by atoms with E-state index in [1.165, 1.54) is 6.42 Å². The fraction of sp³-hybridized carbons (Fsp3) is 0.800. The molecule has 2 saturated carbocycles. The summed E-state index contributed by atoms with van der Waals surface area (Å²) in [6.45, 7) is 1.42. The SMILES string of the molecule is N#CC(C(=O)C1CC2CCC1C2)C(=O)N1CCCC1. The van der Waals surface area contributed by atoms with E-state index in [1.807, 2.05) is 6.07 Å². The lowest BCUT2D eigenvalue weighted by Crippen LogP contribution is -2.40. The van der Waals surface area contributed by atoms with Crippen molar-refractivity contribution in [2.24, 2.45) is 23.7 Å². The molecule has 0 spiro atoms. The number of rotatable bonds is 3. The maximum Gasteiger partial charge on any atom is 0.247 e. The van der Waals surface area contributed by atoms with Gasteiger partial charge in [0.25, 0.3) is 0 Å². The van der Waals surface area contributed by atoms with Gasteiger partial charge >= 0.3 is 0 Å². The van der Waals surface area contributed by atoms with Gasteiger partial charge in [0.15, 0.2) is 11.7 Å². The molecular weight excluding hydrogens is 240 g/mol. The number of ketones is 1. The van der Waals surface area contributed by atoms with Crippen molar-refractivity contribution < 1.29 is 9.59 Å². The summed E-state index contributed by atoms with van der Waals surface area (Å²) in [6.07, 6.45) is 6.36. The van der Waals surface area contributed by atoms with Crippen LogP contribution in [-0.4, -0.2) is 29.7 Å². The van der Waals surface area contributed by atoms with E-state index in [4.69, 9.17) is 0 Å². The van der Waals surface area contributed by atoms with Crippen molar-refractivity contribution in [3.8, 4) is 6.07 Å². The summed E-state index contributed by atoms with van der Waals surface area (Å²) in [6, 6.07) is 1.97. The van der Waals surface area contributed by atoms with Crippen LogP contribution in [0.2, 0.25) is 0 Å². The first-order valence-corrected chi connectivity index (χ1v) is 7.43. The lowest BCUT2D eigenvalue weighted by Gasteiger charge is -2.24. The summed E-state index contributed by atoms with van der Waals surface area (Å²) < 4.78 is 0. The van der Waals surface area contributed by atoms with Gasteiger partial charge in [-0.15, -0.1) is 0 Å². The molecule has 2 aliphatic carbocycles. The van der Waals surface area contributed by atoms with Crippen molar-refractivity contribution >= 4 is 11.7 Å². The van der Waals surface area contributed by atoms with E-state index in [-0.39, 0.29) is 17.6 Å². The number of Topliss-reactive ketones (excluding diaryl/α,β-unsaturated/α-hetero) is 1.